The lowest BCUT2D eigenvalue weighted by Gasteiger charge is -2.13. The van der Waals surface area contributed by atoms with Gasteiger partial charge >= 0.3 is 5.69 Å². The Bertz CT molecular complexity index is 592. The first kappa shape index (κ1) is 16.9. The van der Waals surface area contributed by atoms with Gasteiger partial charge in [-0.2, -0.15) is 16.2 Å². The Balaban J connectivity index is 3.10. The van der Waals surface area contributed by atoms with E-state index in [4.69, 9.17) is 0 Å². The summed E-state index contributed by atoms with van der Waals surface area (Å²) in [5.74, 6) is -0.427. The lowest BCUT2D eigenvalue weighted by molar-refractivity contribution is -0.390. The zero-order valence-electron chi connectivity index (χ0n) is 11.0. The zero-order chi connectivity index (χ0) is 15.3. The van der Waals surface area contributed by atoms with Crippen LogP contribution >= 0.6 is 11.8 Å². The van der Waals surface area contributed by atoms with Crippen molar-refractivity contribution in [3.8, 4) is 0 Å². The Labute approximate surface area is 121 Å². The van der Waals surface area contributed by atoms with Gasteiger partial charge in [-0.25, -0.2) is 13.1 Å². The largest absolute Gasteiger partial charge is 0.324 e. The summed E-state index contributed by atoms with van der Waals surface area (Å²) in [6, 6.07) is 2.61. The molecule has 0 amide bonds. The van der Waals surface area contributed by atoms with E-state index in [9.17, 15) is 22.9 Å². The summed E-state index contributed by atoms with van der Waals surface area (Å²) >= 11 is 1.56. The number of nitrogens with zero attached hydrogens (tertiary/aromatic N) is 1. The molecule has 20 heavy (non-hydrogen) atoms. The quantitative estimate of drug-likeness (QED) is 0.614. The maximum Gasteiger partial charge on any atom is 0.324 e. The molecule has 112 valence electrons. The normalized spacial score (nSPS) is 13.2. The minimum atomic E-state index is -4.13. The van der Waals surface area contributed by atoms with Crippen LogP contribution < -0.4 is 4.72 Å². The van der Waals surface area contributed by atoms with Gasteiger partial charge in [0, 0.05) is 6.04 Å². The predicted molar refractivity (Wildman–Crippen MR) is 75.8 cm³/mol. The highest BCUT2D eigenvalue weighted by Gasteiger charge is 2.30. The van der Waals surface area contributed by atoms with Crippen molar-refractivity contribution in [3.05, 3.63) is 34.1 Å². The molecule has 0 aliphatic rings. The van der Waals surface area contributed by atoms with Gasteiger partial charge < -0.3 is 0 Å². The molecule has 0 saturated heterocycles. The molecule has 0 saturated carbocycles. The molecule has 1 N–H and O–H groups in total. The highest BCUT2D eigenvalue weighted by molar-refractivity contribution is 7.98. The van der Waals surface area contributed by atoms with E-state index in [1.54, 1.807) is 18.7 Å². The molecule has 0 aromatic heterocycles. The molecule has 9 heteroatoms. The molecule has 6 nitrogen and oxygen atoms in total. The van der Waals surface area contributed by atoms with Gasteiger partial charge in [-0.1, -0.05) is 6.07 Å². The number of sulfonamides is 1. The van der Waals surface area contributed by atoms with Crippen molar-refractivity contribution in [3.63, 3.8) is 0 Å². The van der Waals surface area contributed by atoms with Gasteiger partial charge in [0.15, 0.2) is 4.90 Å². The molecule has 0 radical (unpaired) electrons. The highest BCUT2D eigenvalue weighted by Crippen LogP contribution is 2.26. The molecular weight excluding hydrogens is 307 g/mol. The molecule has 0 aliphatic carbocycles. The third-order valence-corrected chi connectivity index (χ3v) is 4.80. The summed E-state index contributed by atoms with van der Waals surface area (Å²) < 4.78 is 39.9. The Morgan fingerprint density at radius 2 is 2.15 bits per heavy atom. The van der Waals surface area contributed by atoms with Crippen molar-refractivity contribution in [2.75, 3.05) is 12.0 Å². The van der Waals surface area contributed by atoms with E-state index >= 15 is 0 Å². The van der Waals surface area contributed by atoms with E-state index in [1.807, 2.05) is 6.26 Å². The Hall–Kier alpha value is -1.19. The molecule has 0 fully saturated rings. The van der Waals surface area contributed by atoms with Crippen LogP contribution in [0.5, 0.6) is 0 Å². The Morgan fingerprint density at radius 3 is 2.70 bits per heavy atom. The van der Waals surface area contributed by atoms with E-state index in [2.05, 4.69) is 4.72 Å². The van der Waals surface area contributed by atoms with E-state index < -0.39 is 37.4 Å². The molecule has 1 aromatic carbocycles. The topological polar surface area (TPSA) is 89.3 Å². The third-order valence-electron chi connectivity index (χ3n) is 2.53. The fourth-order valence-corrected chi connectivity index (χ4v) is 3.62. The Kier molecular flexibility index (Phi) is 5.90. The van der Waals surface area contributed by atoms with E-state index in [0.29, 0.717) is 6.42 Å². The lowest BCUT2D eigenvalue weighted by atomic mass is 10.3. The van der Waals surface area contributed by atoms with Crippen LogP contribution in [0, 0.1) is 15.9 Å². The van der Waals surface area contributed by atoms with Crippen LogP contribution in [-0.2, 0) is 10.0 Å². The standard InChI is InChI=1S/C11H15FN2O4S2/c1-8(6-7-19-2)13-20(17,18)10-5-3-4-9(12)11(10)14(15)16/h3-5,8,13H,6-7H2,1-2H3. The van der Waals surface area contributed by atoms with Crippen molar-refractivity contribution in [1.29, 1.82) is 0 Å². The highest BCUT2D eigenvalue weighted by atomic mass is 32.2. The molecular formula is C11H15FN2O4S2. The van der Waals surface area contributed by atoms with Crippen LogP contribution in [0.25, 0.3) is 0 Å². The molecule has 1 atom stereocenters. The maximum absolute atomic E-state index is 13.4. The average Bonchev–Trinajstić information content (AvgIpc) is 2.35. The van der Waals surface area contributed by atoms with Crippen LogP contribution in [-0.4, -0.2) is 31.4 Å². The molecule has 0 aliphatic heterocycles. The fourth-order valence-electron chi connectivity index (χ4n) is 1.57. The van der Waals surface area contributed by atoms with Gasteiger partial charge in [0.2, 0.25) is 15.8 Å². The number of nitrogens with one attached hydrogen (secondary N) is 1. The minimum Gasteiger partial charge on any atom is -0.258 e. The number of halogens is 1. The first-order valence-electron chi connectivity index (χ1n) is 5.73. The van der Waals surface area contributed by atoms with Crippen LogP contribution in [0.15, 0.2) is 23.1 Å². The number of hydrogen-bond donors (Lipinski definition) is 1. The first-order chi connectivity index (χ1) is 9.29. The number of benzene rings is 1. The number of para-hydroxylation sites is 1. The first-order valence-corrected chi connectivity index (χ1v) is 8.61. The fraction of sp³-hybridized carbons (Fsp3) is 0.455. The van der Waals surface area contributed by atoms with Gasteiger partial charge in [0.1, 0.15) is 0 Å². The summed E-state index contributed by atoms with van der Waals surface area (Å²) in [6.07, 6.45) is 2.46. The van der Waals surface area contributed by atoms with E-state index in [-0.39, 0.29) is 0 Å². The Morgan fingerprint density at radius 1 is 1.50 bits per heavy atom. The molecule has 1 aromatic rings. The summed E-state index contributed by atoms with van der Waals surface area (Å²) in [5, 5.41) is 10.8. The van der Waals surface area contributed by atoms with Gasteiger partial charge in [0.25, 0.3) is 0 Å². The van der Waals surface area contributed by atoms with Crippen LogP contribution in [0.3, 0.4) is 0 Å². The SMILES string of the molecule is CSCCC(C)NS(=O)(=O)c1cccc(F)c1[N+](=O)[O-]. The van der Waals surface area contributed by atoms with Crippen molar-refractivity contribution in [1.82, 2.24) is 4.72 Å². The number of nitro groups is 1. The lowest BCUT2D eigenvalue weighted by Crippen LogP contribution is -2.33. The second-order valence-corrected chi connectivity index (χ2v) is 6.82. The van der Waals surface area contributed by atoms with E-state index in [1.165, 1.54) is 0 Å². The van der Waals surface area contributed by atoms with E-state index in [0.717, 1.165) is 24.0 Å². The predicted octanol–water partition coefficient (Wildman–Crippen LogP) is 2.15. The van der Waals surface area contributed by atoms with Gasteiger partial charge in [-0.3, -0.25) is 10.1 Å². The molecule has 1 rings (SSSR count). The summed E-state index contributed by atoms with van der Waals surface area (Å²) in [4.78, 5) is 9.13. The van der Waals surface area contributed by atoms with Crippen molar-refractivity contribution in [2.45, 2.75) is 24.3 Å². The summed E-state index contributed by atoms with van der Waals surface area (Å²) in [7, 11) is -4.13. The van der Waals surface area contributed by atoms with Gasteiger partial charge in [-0.05, 0) is 37.5 Å². The van der Waals surface area contributed by atoms with Crippen LogP contribution in [0.2, 0.25) is 0 Å². The van der Waals surface area contributed by atoms with Crippen LogP contribution in [0.4, 0.5) is 10.1 Å². The van der Waals surface area contributed by atoms with Crippen molar-refractivity contribution < 1.29 is 17.7 Å². The number of nitro benzene ring substituents is 1. The second-order valence-electron chi connectivity index (χ2n) is 4.15. The average molecular weight is 322 g/mol. The maximum atomic E-state index is 13.4. The summed E-state index contributed by atoms with van der Waals surface area (Å²) in [5.41, 5.74) is -1.03. The van der Waals surface area contributed by atoms with Crippen LogP contribution in [0.1, 0.15) is 13.3 Å². The minimum absolute atomic E-state index is 0.393. The van der Waals surface area contributed by atoms with Crippen molar-refractivity contribution in [2.24, 2.45) is 0 Å². The second kappa shape index (κ2) is 7.00. The third kappa shape index (κ3) is 4.15. The smallest absolute Gasteiger partial charge is 0.258 e. The molecule has 1 unspecified atom stereocenters. The molecule has 0 heterocycles. The molecule has 0 bridgehead atoms. The van der Waals surface area contributed by atoms with Crippen molar-refractivity contribution >= 4 is 27.5 Å². The van der Waals surface area contributed by atoms with Gasteiger partial charge in [0.05, 0.1) is 4.92 Å². The zero-order valence-corrected chi connectivity index (χ0v) is 12.6. The number of rotatable bonds is 7. The number of hydrogen-bond acceptors (Lipinski definition) is 5. The summed E-state index contributed by atoms with van der Waals surface area (Å²) in [6.45, 7) is 1.65. The van der Waals surface area contributed by atoms with Gasteiger partial charge in [-0.15, -0.1) is 0 Å². The monoisotopic (exact) mass is 322 g/mol. The number of thioether (sulfide) groups is 1. The molecule has 0 spiro atoms.